The number of likely N-dealkylation sites (tertiary alicyclic amines) is 1. The van der Waals surface area contributed by atoms with E-state index in [2.05, 4.69) is 19.2 Å². The van der Waals surface area contributed by atoms with Crippen LogP contribution in [0.15, 0.2) is 30.3 Å². The van der Waals surface area contributed by atoms with Crippen molar-refractivity contribution < 1.29 is 9.59 Å². The number of carbonyl (C=O) groups is 2. The van der Waals surface area contributed by atoms with Gasteiger partial charge in [-0.15, -0.1) is 11.3 Å². The lowest BCUT2D eigenvalue weighted by atomic mass is 10.1. The van der Waals surface area contributed by atoms with E-state index in [1.165, 1.54) is 10.4 Å². The Morgan fingerprint density at radius 2 is 1.81 bits per heavy atom. The van der Waals surface area contributed by atoms with Crippen LogP contribution >= 0.6 is 11.3 Å². The number of nitrogens with one attached hydrogen (secondary N) is 1. The van der Waals surface area contributed by atoms with Crippen LogP contribution in [0.2, 0.25) is 0 Å². The summed E-state index contributed by atoms with van der Waals surface area (Å²) in [7, 11) is 0. The molecule has 0 unspecified atom stereocenters. The van der Waals surface area contributed by atoms with Gasteiger partial charge in [-0.1, -0.05) is 32.4 Å². The first-order chi connectivity index (χ1) is 13.1. The highest BCUT2D eigenvalue weighted by Crippen LogP contribution is 2.24. The maximum atomic E-state index is 12.5. The van der Waals surface area contributed by atoms with E-state index in [0.29, 0.717) is 6.54 Å². The topological polar surface area (TPSA) is 49.4 Å². The van der Waals surface area contributed by atoms with Crippen molar-refractivity contribution in [2.75, 3.05) is 13.1 Å². The van der Waals surface area contributed by atoms with E-state index in [4.69, 9.17) is 0 Å². The summed E-state index contributed by atoms with van der Waals surface area (Å²) in [5.41, 5.74) is 3.01. The van der Waals surface area contributed by atoms with E-state index in [-0.39, 0.29) is 11.8 Å². The van der Waals surface area contributed by atoms with Crippen LogP contribution in [0.5, 0.6) is 0 Å². The predicted molar refractivity (Wildman–Crippen MR) is 110 cm³/mol. The van der Waals surface area contributed by atoms with E-state index < -0.39 is 0 Å². The Balaban J connectivity index is 1.58. The Hall–Kier alpha value is -2.14. The van der Waals surface area contributed by atoms with Gasteiger partial charge in [0, 0.05) is 30.1 Å². The first kappa shape index (κ1) is 19.6. The molecule has 0 radical (unpaired) electrons. The molecule has 1 aromatic heterocycles. The molecule has 3 rings (SSSR count). The number of aryl methyl sites for hydroxylation is 2. The molecule has 2 amide bonds. The van der Waals surface area contributed by atoms with Crippen LogP contribution in [0, 0.1) is 0 Å². The van der Waals surface area contributed by atoms with Gasteiger partial charge in [0.05, 0.1) is 4.88 Å². The van der Waals surface area contributed by atoms with Crippen LogP contribution in [-0.4, -0.2) is 29.8 Å². The monoisotopic (exact) mass is 384 g/mol. The second kappa shape index (κ2) is 9.18. The van der Waals surface area contributed by atoms with Crippen LogP contribution < -0.4 is 5.32 Å². The van der Waals surface area contributed by atoms with Crippen molar-refractivity contribution >= 4 is 23.2 Å². The zero-order valence-corrected chi connectivity index (χ0v) is 17.0. The molecule has 4 nitrogen and oxygen atoms in total. The molecule has 1 N–H and O–H groups in total. The highest BCUT2D eigenvalue weighted by molar-refractivity contribution is 7.14. The fourth-order valence-electron chi connectivity index (χ4n) is 3.45. The van der Waals surface area contributed by atoms with E-state index in [0.717, 1.165) is 61.2 Å². The summed E-state index contributed by atoms with van der Waals surface area (Å²) >= 11 is 1.61. The molecule has 0 bridgehead atoms. The van der Waals surface area contributed by atoms with Gasteiger partial charge in [0.2, 0.25) is 0 Å². The highest BCUT2D eigenvalue weighted by atomic mass is 32.1. The number of hydrogen-bond donors (Lipinski definition) is 1. The van der Waals surface area contributed by atoms with Crippen molar-refractivity contribution in [3.05, 3.63) is 56.8 Å². The van der Waals surface area contributed by atoms with Crippen molar-refractivity contribution in [1.29, 1.82) is 0 Å². The average molecular weight is 385 g/mol. The number of amides is 2. The fraction of sp³-hybridized carbons (Fsp3) is 0.455. The van der Waals surface area contributed by atoms with Crippen molar-refractivity contribution in [2.45, 2.75) is 52.5 Å². The molecular weight excluding hydrogens is 356 g/mol. The number of hydrogen-bond acceptors (Lipinski definition) is 3. The molecule has 1 saturated heterocycles. The Morgan fingerprint density at radius 1 is 1.11 bits per heavy atom. The van der Waals surface area contributed by atoms with Gasteiger partial charge in [0.25, 0.3) is 11.8 Å². The number of rotatable bonds is 7. The molecule has 2 aromatic rings. The minimum Gasteiger partial charge on any atom is -0.347 e. The molecular formula is C22H28N2O2S. The highest BCUT2D eigenvalue weighted by Gasteiger charge is 2.19. The summed E-state index contributed by atoms with van der Waals surface area (Å²) in [6.07, 6.45) is 5.28. The molecule has 1 aliphatic heterocycles. The smallest absolute Gasteiger partial charge is 0.261 e. The van der Waals surface area contributed by atoms with Crippen molar-refractivity contribution in [2.24, 2.45) is 0 Å². The van der Waals surface area contributed by atoms with Crippen LogP contribution in [0.25, 0.3) is 0 Å². The number of carbonyl (C=O) groups excluding carboxylic acids is 2. The first-order valence-corrected chi connectivity index (χ1v) is 10.7. The molecule has 1 fully saturated rings. The summed E-state index contributed by atoms with van der Waals surface area (Å²) < 4.78 is 0. The van der Waals surface area contributed by atoms with E-state index >= 15 is 0 Å². The molecule has 1 aliphatic rings. The molecule has 27 heavy (non-hydrogen) atoms. The average Bonchev–Trinajstić information content (AvgIpc) is 3.36. The van der Waals surface area contributed by atoms with Crippen LogP contribution in [0.4, 0.5) is 0 Å². The standard InChI is InChI=1S/C22H28N2O2S/c1-3-7-19-17(4-2)14-20(27-19)21(25)23-15-16-8-10-18(11-9-16)22(26)24-12-5-6-13-24/h8-11,14H,3-7,12-13,15H2,1-2H3,(H,23,25). The zero-order valence-electron chi connectivity index (χ0n) is 16.2. The zero-order chi connectivity index (χ0) is 19.2. The normalized spacial score (nSPS) is 13.8. The van der Waals surface area contributed by atoms with Gasteiger partial charge in [-0.3, -0.25) is 9.59 Å². The Morgan fingerprint density at radius 3 is 2.44 bits per heavy atom. The summed E-state index contributed by atoms with van der Waals surface area (Å²) in [5, 5.41) is 3.00. The van der Waals surface area contributed by atoms with Gasteiger partial charge >= 0.3 is 0 Å². The largest absolute Gasteiger partial charge is 0.347 e. The quantitative estimate of drug-likeness (QED) is 0.768. The van der Waals surface area contributed by atoms with Gasteiger partial charge in [0.1, 0.15) is 0 Å². The second-order valence-corrected chi connectivity index (χ2v) is 8.18. The molecule has 144 valence electrons. The number of benzene rings is 1. The third-order valence-corrected chi connectivity index (χ3v) is 6.26. The third kappa shape index (κ3) is 4.78. The number of thiophene rings is 1. The Bertz CT molecular complexity index is 789. The van der Waals surface area contributed by atoms with Gasteiger partial charge in [-0.05, 0) is 55.0 Å². The van der Waals surface area contributed by atoms with E-state index in [1.54, 1.807) is 11.3 Å². The Kier molecular flexibility index (Phi) is 6.67. The van der Waals surface area contributed by atoms with Crippen LogP contribution in [0.3, 0.4) is 0 Å². The van der Waals surface area contributed by atoms with Gasteiger partial charge < -0.3 is 10.2 Å². The van der Waals surface area contributed by atoms with Crippen molar-refractivity contribution in [3.63, 3.8) is 0 Å². The van der Waals surface area contributed by atoms with Crippen molar-refractivity contribution in [1.82, 2.24) is 10.2 Å². The molecule has 0 spiro atoms. The molecule has 0 aliphatic carbocycles. The third-order valence-electron chi connectivity index (χ3n) is 5.03. The fourth-order valence-corrected chi connectivity index (χ4v) is 4.73. The minimum absolute atomic E-state index is 0.0192. The summed E-state index contributed by atoms with van der Waals surface area (Å²) in [6, 6.07) is 9.61. The predicted octanol–water partition coefficient (Wildman–Crippen LogP) is 4.43. The lowest BCUT2D eigenvalue weighted by molar-refractivity contribution is 0.0792. The maximum absolute atomic E-state index is 12.5. The number of nitrogens with zero attached hydrogens (tertiary/aromatic N) is 1. The molecule has 5 heteroatoms. The lowest BCUT2D eigenvalue weighted by Crippen LogP contribution is -2.27. The van der Waals surface area contributed by atoms with E-state index in [1.807, 2.05) is 35.2 Å². The van der Waals surface area contributed by atoms with Crippen LogP contribution in [-0.2, 0) is 19.4 Å². The lowest BCUT2D eigenvalue weighted by Gasteiger charge is -2.15. The summed E-state index contributed by atoms with van der Waals surface area (Å²) in [4.78, 5) is 28.9. The van der Waals surface area contributed by atoms with Gasteiger partial charge in [-0.25, -0.2) is 0 Å². The SMILES string of the molecule is CCCc1sc(C(=O)NCc2ccc(C(=O)N3CCCC3)cc2)cc1CC. The first-order valence-electron chi connectivity index (χ1n) is 9.90. The van der Waals surface area contributed by atoms with Gasteiger partial charge in [-0.2, -0.15) is 0 Å². The summed E-state index contributed by atoms with van der Waals surface area (Å²) in [5.74, 6) is 0.0893. The second-order valence-electron chi connectivity index (χ2n) is 7.04. The summed E-state index contributed by atoms with van der Waals surface area (Å²) in [6.45, 7) is 6.48. The van der Waals surface area contributed by atoms with E-state index in [9.17, 15) is 9.59 Å². The Labute approximate surface area is 165 Å². The molecule has 1 aromatic carbocycles. The molecule has 0 atom stereocenters. The van der Waals surface area contributed by atoms with Crippen molar-refractivity contribution in [3.8, 4) is 0 Å². The van der Waals surface area contributed by atoms with Gasteiger partial charge in [0.15, 0.2) is 0 Å². The van der Waals surface area contributed by atoms with Crippen LogP contribution in [0.1, 0.15) is 69.1 Å². The molecule has 0 saturated carbocycles. The molecule has 2 heterocycles. The maximum Gasteiger partial charge on any atom is 0.261 e. The minimum atomic E-state index is -0.0192.